The summed E-state index contributed by atoms with van der Waals surface area (Å²) in [5.41, 5.74) is 2.46. The van der Waals surface area contributed by atoms with Crippen LogP contribution in [0.15, 0.2) is 48.5 Å². The van der Waals surface area contributed by atoms with E-state index < -0.39 is 0 Å². The third-order valence-corrected chi connectivity index (χ3v) is 5.29. The quantitative estimate of drug-likeness (QED) is 0.685. The zero-order chi connectivity index (χ0) is 21.5. The van der Waals surface area contributed by atoms with Crippen LogP contribution in [0.4, 0.5) is 11.4 Å². The predicted molar refractivity (Wildman–Crippen MR) is 118 cm³/mol. The molecule has 2 aromatic carbocycles. The van der Waals surface area contributed by atoms with E-state index in [2.05, 4.69) is 22.9 Å². The van der Waals surface area contributed by atoms with Gasteiger partial charge in [-0.15, -0.1) is 0 Å². The van der Waals surface area contributed by atoms with Gasteiger partial charge in [0.15, 0.2) is 0 Å². The van der Waals surface area contributed by atoms with Crippen molar-refractivity contribution in [2.24, 2.45) is 5.92 Å². The monoisotopic (exact) mass is 408 g/mol. The summed E-state index contributed by atoms with van der Waals surface area (Å²) < 4.78 is 0. The number of nitrogens with zero attached hydrogens (tertiary/aromatic N) is 1. The fraction of sp³-hybridized carbons (Fsp3) is 0.348. The summed E-state index contributed by atoms with van der Waals surface area (Å²) in [5.74, 6) is 0.310. The van der Waals surface area contributed by atoms with Gasteiger partial charge in [0.1, 0.15) is 0 Å². The average molecular weight is 409 g/mol. The minimum absolute atomic E-state index is 0.0393. The van der Waals surface area contributed by atoms with Crippen LogP contribution in [0.25, 0.3) is 0 Å². The molecule has 1 aliphatic rings. The summed E-state index contributed by atoms with van der Waals surface area (Å²) in [6.07, 6.45) is 2.08. The van der Waals surface area contributed by atoms with Gasteiger partial charge in [0.25, 0.3) is 11.8 Å². The first kappa shape index (κ1) is 21.4. The van der Waals surface area contributed by atoms with Gasteiger partial charge in [-0.05, 0) is 61.2 Å². The zero-order valence-electron chi connectivity index (χ0n) is 17.4. The first-order valence-electron chi connectivity index (χ1n) is 10.2. The highest BCUT2D eigenvalue weighted by Gasteiger charge is 2.21. The minimum atomic E-state index is -0.218. The maximum absolute atomic E-state index is 12.6. The molecule has 1 saturated heterocycles. The number of rotatable bonds is 6. The van der Waals surface area contributed by atoms with E-state index in [-0.39, 0.29) is 24.3 Å². The second-order valence-corrected chi connectivity index (χ2v) is 7.61. The lowest BCUT2D eigenvalue weighted by molar-refractivity contribution is -0.114. The highest BCUT2D eigenvalue weighted by atomic mass is 16.2. The largest absolute Gasteiger partial charge is 0.376 e. The van der Waals surface area contributed by atoms with Gasteiger partial charge in [-0.2, -0.15) is 0 Å². The fourth-order valence-electron chi connectivity index (χ4n) is 3.39. The molecule has 0 spiro atoms. The first-order valence-corrected chi connectivity index (χ1v) is 10.2. The summed E-state index contributed by atoms with van der Waals surface area (Å²) in [5, 5.41) is 8.38. The van der Waals surface area contributed by atoms with E-state index in [1.807, 2.05) is 4.90 Å². The molecule has 2 aromatic rings. The van der Waals surface area contributed by atoms with Crippen molar-refractivity contribution in [1.82, 2.24) is 10.2 Å². The second-order valence-electron chi connectivity index (χ2n) is 7.61. The molecular weight excluding hydrogens is 380 g/mol. The summed E-state index contributed by atoms with van der Waals surface area (Å²) >= 11 is 0. The minimum Gasteiger partial charge on any atom is -0.376 e. The van der Waals surface area contributed by atoms with Crippen molar-refractivity contribution >= 4 is 29.1 Å². The molecule has 1 aliphatic heterocycles. The van der Waals surface area contributed by atoms with Crippen LogP contribution in [0.1, 0.15) is 40.5 Å². The van der Waals surface area contributed by atoms with Gasteiger partial charge in [0.2, 0.25) is 5.91 Å². The number of likely N-dealkylation sites (tertiary alicyclic amines) is 1. The molecule has 0 radical (unpaired) electrons. The maximum atomic E-state index is 12.6. The lowest BCUT2D eigenvalue weighted by atomic mass is 9.98. The van der Waals surface area contributed by atoms with Gasteiger partial charge in [-0.1, -0.05) is 13.0 Å². The lowest BCUT2D eigenvalue weighted by Crippen LogP contribution is -2.37. The van der Waals surface area contributed by atoms with Crippen LogP contribution in [0.2, 0.25) is 0 Å². The lowest BCUT2D eigenvalue weighted by Gasteiger charge is -2.30. The molecule has 158 valence electrons. The van der Waals surface area contributed by atoms with Crippen molar-refractivity contribution in [3.8, 4) is 0 Å². The van der Waals surface area contributed by atoms with Crippen molar-refractivity contribution in [3.05, 3.63) is 59.7 Å². The smallest absolute Gasteiger partial charge is 0.253 e. The number of hydrogen-bond acceptors (Lipinski definition) is 4. The Bertz CT molecular complexity index is 903. The summed E-state index contributed by atoms with van der Waals surface area (Å²) in [6.45, 7) is 3.87. The Morgan fingerprint density at radius 2 is 1.67 bits per heavy atom. The van der Waals surface area contributed by atoms with Crippen molar-refractivity contribution in [2.45, 2.75) is 19.8 Å². The molecule has 0 saturated carbocycles. The molecule has 3 N–H and O–H groups in total. The maximum Gasteiger partial charge on any atom is 0.253 e. The number of carbonyl (C=O) groups is 3. The van der Waals surface area contributed by atoms with E-state index in [1.165, 1.54) is 0 Å². The number of piperidine rings is 1. The molecule has 3 rings (SSSR count). The molecule has 7 nitrogen and oxygen atoms in total. The van der Waals surface area contributed by atoms with E-state index >= 15 is 0 Å². The van der Waals surface area contributed by atoms with Gasteiger partial charge in [0, 0.05) is 42.6 Å². The van der Waals surface area contributed by atoms with Crippen LogP contribution in [-0.2, 0) is 4.79 Å². The molecule has 1 fully saturated rings. The first-order chi connectivity index (χ1) is 14.5. The van der Waals surface area contributed by atoms with Crippen molar-refractivity contribution in [3.63, 3.8) is 0 Å². The molecule has 0 aromatic heterocycles. The number of anilines is 2. The third kappa shape index (κ3) is 5.59. The number of amides is 3. The zero-order valence-corrected chi connectivity index (χ0v) is 17.4. The Morgan fingerprint density at radius 1 is 0.967 bits per heavy atom. The summed E-state index contributed by atoms with van der Waals surface area (Å²) in [6, 6.07) is 13.9. The molecule has 0 bridgehead atoms. The molecule has 0 atom stereocenters. The molecule has 3 amide bonds. The van der Waals surface area contributed by atoms with Gasteiger partial charge >= 0.3 is 0 Å². The molecule has 0 unspecified atom stereocenters. The molecular formula is C23H28N4O3. The normalized spacial score (nSPS) is 14.1. The van der Waals surface area contributed by atoms with Crippen LogP contribution >= 0.6 is 0 Å². The highest BCUT2D eigenvalue weighted by molar-refractivity contribution is 5.97. The Morgan fingerprint density at radius 3 is 2.33 bits per heavy atom. The predicted octanol–water partition coefficient (Wildman–Crippen LogP) is 2.97. The van der Waals surface area contributed by atoms with Gasteiger partial charge < -0.3 is 20.9 Å². The number of hydrogen-bond donors (Lipinski definition) is 3. The van der Waals surface area contributed by atoms with Crippen LogP contribution < -0.4 is 16.0 Å². The number of nitrogens with one attached hydrogen (secondary N) is 3. The SMILES string of the molecule is CNC(=O)c1cccc(NCC(=O)Nc2ccc(C(=O)N3CCC(C)CC3)cc2)c1. The highest BCUT2D eigenvalue weighted by Crippen LogP contribution is 2.19. The van der Waals surface area contributed by atoms with Crippen LogP contribution in [0.3, 0.4) is 0 Å². The Labute approximate surface area is 176 Å². The molecule has 7 heteroatoms. The van der Waals surface area contributed by atoms with E-state index in [1.54, 1.807) is 55.6 Å². The topological polar surface area (TPSA) is 90.5 Å². The molecule has 30 heavy (non-hydrogen) atoms. The Balaban J connectivity index is 1.51. The standard InChI is InChI=1S/C23H28N4O3/c1-16-10-12-27(13-11-16)23(30)17-6-8-19(9-7-17)26-21(28)15-25-20-5-3-4-18(14-20)22(29)24-2/h3-9,14,16,25H,10-13,15H2,1-2H3,(H,24,29)(H,26,28). The summed E-state index contributed by atoms with van der Waals surface area (Å²) in [4.78, 5) is 38.4. The third-order valence-electron chi connectivity index (χ3n) is 5.29. The fourth-order valence-corrected chi connectivity index (χ4v) is 3.39. The van der Waals surface area contributed by atoms with Crippen LogP contribution in [0, 0.1) is 5.92 Å². The number of benzene rings is 2. The van der Waals surface area contributed by atoms with Crippen molar-refractivity contribution in [1.29, 1.82) is 0 Å². The van der Waals surface area contributed by atoms with Gasteiger partial charge in [-0.25, -0.2) is 0 Å². The Kier molecular flexibility index (Phi) is 7.06. The van der Waals surface area contributed by atoms with Gasteiger partial charge in [-0.3, -0.25) is 14.4 Å². The van der Waals surface area contributed by atoms with E-state index in [0.717, 1.165) is 25.9 Å². The molecule has 1 heterocycles. The summed E-state index contributed by atoms with van der Waals surface area (Å²) in [7, 11) is 1.57. The van der Waals surface area contributed by atoms with Crippen LogP contribution in [-0.4, -0.2) is 49.3 Å². The van der Waals surface area contributed by atoms with Gasteiger partial charge in [0.05, 0.1) is 6.54 Å². The Hall–Kier alpha value is -3.35. The van der Waals surface area contributed by atoms with E-state index in [9.17, 15) is 14.4 Å². The van der Waals surface area contributed by atoms with Crippen molar-refractivity contribution in [2.75, 3.05) is 37.3 Å². The second kappa shape index (κ2) is 9.91. The van der Waals surface area contributed by atoms with Crippen LogP contribution in [0.5, 0.6) is 0 Å². The molecule has 0 aliphatic carbocycles. The number of carbonyl (C=O) groups excluding carboxylic acids is 3. The average Bonchev–Trinajstić information content (AvgIpc) is 2.78. The van der Waals surface area contributed by atoms with Crippen molar-refractivity contribution < 1.29 is 14.4 Å². The van der Waals surface area contributed by atoms with E-state index in [0.29, 0.717) is 28.4 Å². The van der Waals surface area contributed by atoms with E-state index in [4.69, 9.17) is 0 Å².